The molecular weight excluding hydrogens is 258 g/mol. The van der Waals surface area contributed by atoms with E-state index < -0.39 is 0 Å². The summed E-state index contributed by atoms with van der Waals surface area (Å²) in [6, 6.07) is 2.07. The maximum absolute atomic E-state index is 12.1. The number of hydrogen-bond acceptors (Lipinski definition) is 3. The van der Waals surface area contributed by atoms with Gasteiger partial charge >= 0.3 is 0 Å². The summed E-state index contributed by atoms with van der Waals surface area (Å²) in [5, 5.41) is 2.90. The number of carbonyl (C=O) groups excluding carboxylic acids is 1. The molecule has 0 saturated carbocycles. The smallest absolute Gasteiger partial charge is 0.261 e. The highest BCUT2D eigenvalue weighted by Gasteiger charge is 2.16. The molecule has 0 bridgehead atoms. The first-order valence-corrected chi connectivity index (χ1v) is 7.52. The molecule has 1 aliphatic rings. The maximum atomic E-state index is 12.1. The molecule has 3 rings (SSSR count). The van der Waals surface area contributed by atoms with Crippen molar-refractivity contribution in [1.82, 2.24) is 15.3 Å². The van der Waals surface area contributed by atoms with Crippen molar-refractivity contribution in [3.05, 3.63) is 39.6 Å². The number of imidazole rings is 1. The minimum absolute atomic E-state index is 0.00877. The van der Waals surface area contributed by atoms with Crippen LogP contribution in [0.2, 0.25) is 0 Å². The number of carbonyl (C=O) groups is 1. The SMILES string of the molecule is O=C(NCc1ncc[nH]1)c1cc2c(s1)CCCCC2. The van der Waals surface area contributed by atoms with Crippen molar-refractivity contribution in [2.75, 3.05) is 0 Å². The summed E-state index contributed by atoms with van der Waals surface area (Å²) in [7, 11) is 0. The van der Waals surface area contributed by atoms with Gasteiger partial charge in [0.25, 0.3) is 5.91 Å². The maximum Gasteiger partial charge on any atom is 0.261 e. The van der Waals surface area contributed by atoms with Crippen LogP contribution >= 0.6 is 11.3 Å². The molecular formula is C14H17N3OS. The molecule has 2 heterocycles. The van der Waals surface area contributed by atoms with Crippen LogP contribution in [0, 0.1) is 0 Å². The molecule has 0 atom stereocenters. The van der Waals surface area contributed by atoms with Crippen LogP contribution in [0.5, 0.6) is 0 Å². The summed E-state index contributed by atoms with van der Waals surface area (Å²) < 4.78 is 0. The average Bonchev–Trinajstić information content (AvgIpc) is 3.02. The van der Waals surface area contributed by atoms with E-state index in [1.807, 2.05) is 0 Å². The highest BCUT2D eigenvalue weighted by molar-refractivity contribution is 7.14. The number of hydrogen-bond donors (Lipinski definition) is 2. The Morgan fingerprint density at radius 1 is 1.37 bits per heavy atom. The number of aromatic nitrogens is 2. The molecule has 0 aromatic carbocycles. The van der Waals surface area contributed by atoms with Gasteiger partial charge in [0.05, 0.1) is 11.4 Å². The Hall–Kier alpha value is -1.62. The van der Waals surface area contributed by atoms with Gasteiger partial charge in [-0.25, -0.2) is 4.98 Å². The second kappa shape index (κ2) is 5.57. The Morgan fingerprint density at radius 3 is 3.11 bits per heavy atom. The average molecular weight is 275 g/mol. The first kappa shape index (κ1) is 12.4. The van der Waals surface area contributed by atoms with Crippen LogP contribution in [0.3, 0.4) is 0 Å². The van der Waals surface area contributed by atoms with E-state index in [9.17, 15) is 4.79 Å². The molecule has 0 aliphatic heterocycles. The third-order valence-electron chi connectivity index (χ3n) is 3.44. The molecule has 4 nitrogen and oxygen atoms in total. The van der Waals surface area contributed by atoms with Gasteiger partial charge < -0.3 is 10.3 Å². The molecule has 2 aromatic heterocycles. The largest absolute Gasteiger partial charge is 0.347 e. The first-order valence-electron chi connectivity index (χ1n) is 6.71. The Bertz CT molecular complexity index is 536. The summed E-state index contributed by atoms with van der Waals surface area (Å²) in [4.78, 5) is 21.4. The monoisotopic (exact) mass is 275 g/mol. The Kier molecular flexibility index (Phi) is 3.64. The van der Waals surface area contributed by atoms with Crippen molar-refractivity contribution in [2.45, 2.75) is 38.6 Å². The van der Waals surface area contributed by atoms with Gasteiger partial charge in [-0.2, -0.15) is 0 Å². The Morgan fingerprint density at radius 2 is 2.26 bits per heavy atom. The van der Waals surface area contributed by atoms with E-state index in [4.69, 9.17) is 0 Å². The third kappa shape index (κ3) is 2.87. The molecule has 0 fully saturated rings. The van der Waals surface area contributed by atoms with Gasteiger partial charge in [-0.1, -0.05) is 6.42 Å². The van der Waals surface area contributed by atoms with E-state index in [1.165, 1.54) is 29.7 Å². The number of aryl methyl sites for hydroxylation is 2. The predicted octanol–water partition coefficient (Wildman–Crippen LogP) is 2.67. The van der Waals surface area contributed by atoms with Crippen LogP contribution in [0.4, 0.5) is 0 Å². The number of nitrogens with one attached hydrogen (secondary N) is 2. The van der Waals surface area contributed by atoms with Crippen LogP contribution < -0.4 is 5.32 Å². The summed E-state index contributed by atoms with van der Waals surface area (Å²) >= 11 is 1.65. The highest BCUT2D eigenvalue weighted by Crippen LogP contribution is 2.28. The normalized spacial score (nSPS) is 14.7. The quantitative estimate of drug-likeness (QED) is 0.846. The fourth-order valence-electron chi connectivity index (χ4n) is 2.43. The minimum atomic E-state index is 0.00877. The van der Waals surface area contributed by atoms with Crippen molar-refractivity contribution in [3.8, 4) is 0 Å². The van der Waals surface area contributed by atoms with Gasteiger partial charge in [-0.15, -0.1) is 11.3 Å². The summed E-state index contributed by atoms with van der Waals surface area (Å²) in [6.45, 7) is 0.453. The molecule has 5 heteroatoms. The van der Waals surface area contributed by atoms with Crippen LogP contribution in [0.15, 0.2) is 18.5 Å². The lowest BCUT2D eigenvalue weighted by Gasteiger charge is -2.00. The van der Waals surface area contributed by atoms with Crippen LogP contribution in [0.25, 0.3) is 0 Å². The topological polar surface area (TPSA) is 57.8 Å². The number of nitrogens with zero attached hydrogens (tertiary/aromatic N) is 1. The lowest BCUT2D eigenvalue weighted by atomic mass is 10.1. The van der Waals surface area contributed by atoms with Crippen molar-refractivity contribution in [3.63, 3.8) is 0 Å². The molecule has 100 valence electrons. The number of H-pyrrole nitrogens is 1. The van der Waals surface area contributed by atoms with E-state index >= 15 is 0 Å². The zero-order valence-corrected chi connectivity index (χ0v) is 11.6. The standard InChI is InChI=1S/C14H17N3OS/c18-14(17-9-13-15-6-7-16-13)12-8-10-4-2-1-3-5-11(10)19-12/h6-8H,1-5,9H2,(H,15,16)(H,17,18). The predicted molar refractivity (Wildman–Crippen MR) is 75.3 cm³/mol. The second-order valence-corrected chi connectivity index (χ2v) is 5.98. The number of aromatic amines is 1. The van der Waals surface area contributed by atoms with Gasteiger partial charge in [-0.3, -0.25) is 4.79 Å². The van der Waals surface area contributed by atoms with Crippen molar-refractivity contribution in [2.24, 2.45) is 0 Å². The number of rotatable bonds is 3. The lowest BCUT2D eigenvalue weighted by molar-refractivity contribution is 0.0954. The third-order valence-corrected chi connectivity index (χ3v) is 4.68. The molecule has 0 spiro atoms. The summed E-state index contributed by atoms with van der Waals surface area (Å²) in [5.74, 6) is 0.793. The molecule has 2 aromatic rings. The molecule has 1 amide bonds. The molecule has 0 saturated heterocycles. The van der Waals surface area contributed by atoms with Gasteiger partial charge in [0, 0.05) is 17.3 Å². The highest BCUT2D eigenvalue weighted by atomic mass is 32.1. The van der Waals surface area contributed by atoms with Crippen LogP contribution in [-0.4, -0.2) is 15.9 Å². The zero-order chi connectivity index (χ0) is 13.1. The van der Waals surface area contributed by atoms with E-state index in [0.29, 0.717) is 6.54 Å². The van der Waals surface area contributed by atoms with E-state index in [-0.39, 0.29) is 5.91 Å². The van der Waals surface area contributed by atoms with Gasteiger partial charge in [0.15, 0.2) is 0 Å². The van der Waals surface area contributed by atoms with E-state index in [1.54, 1.807) is 23.7 Å². The zero-order valence-electron chi connectivity index (χ0n) is 10.7. The van der Waals surface area contributed by atoms with Gasteiger partial charge in [0.2, 0.25) is 0 Å². The number of fused-ring (bicyclic) bond motifs is 1. The van der Waals surface area contributed by atoms with Gasteiger partial charge in [0.1, 0.15) is 5.82 Å². The van der Waals surface area contributed by atoms with Crippen molar-refractivity contribution < 1.29 is 4.79 Å². The molecule has 19 heavy (non-hydrogen) atoms. The fourth-order valence-corrected chi connectivity index (χ4v) is 3.60. The van der Waals surface area contributed by atoms with E-state index in [0.717, 1.165) is 23.5 Å². The molecule has 0 unspecified atom stereocenters. The van der Waals surface area contributed by atoms with Crippen LogP contribution in [0.1, 0.15) is 45.2 Å². The molecule has 2 N–H and O–H groups in total. The van der Waals surface area contributed by atoms with Crippen molar-refractivity contribution >= 4 is 17.2 Å². The second-order valence-electron chi connectivity index (χ2n) is 4.84. The molecule has 1 aliphatic carbocycles. The van der Waals surface area contributed by atoms with Gasteiger partial charge in [-0.05, 0) is 37.3 Å². The number of amides is 1. The lowest BCUT2D eigenvalue weighted by Crippen LogP contribution is -2.22. The summed E-state index contributed by atoms with van der Waals surface area (Å²) in [5.41, 5.74) is 1.38. The van der Waals surface area contributed by atoms with Crippen LogP contribution in [-0.2, 0) is 19.4 Å². The van der Waals surface area contributed by atoms with E-state index in [2.05, 4.69) is 21.4 Å². The van der Waals surface area contributed by atoms with Crippen molar-refractivity contribution in [1.29, 1.82) is 0 Å². The Balaban J connectivity index is 1.66. The fraction of sp³-hybridized carbons (Fsp3) is 0.429. The Labute approximate surface area is 116 Å². The first-order chi connectivity index (χ1) is 9.33. The molecule has 0 radical (unpaired) electrons. The number of thiophene rings is 1. The summed E-state index contributed by atoms with van der Waals surface area (Å²) in [6.07, 6.45) is 9.51. The minimum Gasteiger partial charge on any atom is -0.347 e.